The van der Waals surface area contributed by atoms with Crippen molar-refractivity contribution in [1.82, 2.24) is 10.0 Å². The van der Waals surface area contributed by atoms with Gasteiger partial charge in [-0.3, -0.25) is 14.9 Å². The molecule has 0 aromatic heterocycles. The number of amides is 2. The van der Waals surface area contributed by atoms with Gasteiger partial charge in [-0.2, -0.15) is 0 Å². The second-order valence-electron chi connectivity index (χ2n) is 4.04. The van der Waals surface area contributed by atoms with Crippen molar-refractivity contribution in [3.05, 3.63) is 34.9 Å². The summed E-state index contributed by atoms with van der Waals surface area (Å²) >= 11 is 0. The molecule has 6 nitrogen and oxygen atoms in total. The molecule has 2 amide bonds. The molecule has 0 unspecified atom stereocenters. The molecule has 1 heterocycles. The molecule has 2 rings (SSSR count). The van der Waals surface area contributed by atoms with E-state index in [0.717, 1.165) is 6.26 Å². The molecule has 0 spiro atoms. The molecule has 2 N–H and O–H groups in total. The maximum absolute atomic E-state index is 11.6. The van der Waals surface area contributed by atoms with Crippen molar-refractivity contribution in [1.29, 1.82) is 0 Å². The summed E-state index contributed by atoms with van der Waals surface area (Å²) in [6.45, 7) is 0.191. The topological polar surface area (TPSA) is 92.3 Å². The minimum absolute atomic E-state index is 0.191. The van der Waals surface area contributed by atoms with E-state index in [1.54, 1.807) is 18.2 Å². The molecular weight excluding hydrogens is 256 g/mol. The first kappa shape index (κ1) is 12.7. The van der Waals surface area contributed by atoms with Crippen molar-refractivity contribution in [2.24, 2.45) is 0 Å². The molecule has 0 aliphatic carbocycles. The van der Waals surface area contributed by atoms with Crippen LogP contribution in [-0.4, -0.2) is 33.0 Å². The van der Waals surface area contributed by atoms with Gasteiger partial charge in [0.2, 0.25) is 10.0 Å². The van der Waals surface area contributed by atoms with Crippen LogP contribution in [0.15, 0.2) is 18.2 Å². The highest BCUT2D eigenvalue weighted by Gasteiger charge is 2.28. The minimum Gasteiger partial charge on any atom is -0.288 e. The van der Waals surface area contributed by atoms with Crippen LogP contribution in [-0.2, 0) is 16.4 Å². The Morgan fingerprint density at radius 2 is 1.94 bits per heavy atom. The van der Waals surface area contributed by atoms with Crippen molar-refractivity contribution in [3.8, 4) is 0 Å². The van der Waals surface area contributed by atoms with E-state index in [1.165, 1.54) is 0 Å². The van der Waals surface area contributed by atoms with Crippen LogP contribution >= 0.6 is 0 Å². The summed E-state index contributed by atoms with van der Waals surface area (Å²) in [7, 11) is -3.25. The lowest BCUT2D eigenvalue weighted by atomic mass is 10.0. The van der Waals surface area contributed by atoms with E-state index in [1.807, 2.05) is 0 Å². The van der Waals surface area contributed by atoms with Gasteiger partial charge in [-0.25, -0.2) is 13.1 Å². The van der Waals surface area contributed by atoms with Crippen LogP contribution in [0.3, 0.4) is 0 Å². The summed E-state index contributed by atoms with van der Waals surface area (Å²) in [5.74, 6) is -0.835. The van der Waals surface area contributed by atoms with Gasteiger partial charge in [0.05, 0.1) is 17.4 Å². The summed E-state index contributed by atoms with van der Waals surface area (Å²) in [5, 5.41) is 2.21. The number of nitrogens with one attached hydrogen (secondary N) is 2. The van der Waals surface area contributed by atoms with Crippen molar-refractivity contribution in [2.75, 3.05) is 12.8 Å². The Morgan fingerprint density at radius 3 is 2.61 bits per heavy atom. The number of carbonyl (C=O) groups is 2. The van der Waals surface area contributed by atoms with Crippen molar-refractivity contribution < 1.29 is 18.0 Å². The quantitative estimate of drug-likeness (QED) is 0.731. The van der Waals surface area contributed by atoms with Crippen LogP contribution in [0, 0.1) is 0 Å². The minimum atomic E-state index is -3.25. The zero-order valence-corrected chi connectivity index (χ0v) is 10.5. The Balaban J connectivity index is 2.21. The van der Waals surface area contributed by atoms with E-state index in [4.69, 9.17) is 0 Å². The van der Waals surface area contributed by atoms with Crippen LogP contribution in [0.5, 0.6) is 0 Å². The second kappa shape index (κ2) is 4.51. The summed E-state index contributed by atoms with van der Waals surface area (Å²) in [5.41, 5.74) is 1.35. The summed E-state index contributed by atoms with van der Waals surface area (Å²) in [6, 6.07) is 4.96. The summed E-state index contributed by atoms with van der Waals surface area (Å²) in [6.07, 6.45) is 1.43. The Kier molecular flexibility index (Phi) is 3.18. The zero-order valence-electron chi connectivity index (χ0n) is 9.69. The van der Waals surface area contributed by atoms with Gasteiger partial charge in [0, 0.05) is 6.54 Å². The first-order chi connectivity index (χ1) is 8.38. The number of imide groups is 1. The molecule has 0 radical (unpaired) electrons. The molecule has 1 aromatic carbocycles. The lowest BCUT2D eigenvalue weighted by Gasteiger charge is -2.06. The molecule has 7 heteroatoms. The molecule has 0 saturated heterocycles. The van der Waals surface area contributed by atoms with Crippen LogP contribution in [0.25, 0.3) is 0 Å². The van der Waals surface area contributed by atoms with Gasteiger partial charge in [0.1, 0.15) is 0 Å². The van der Waals surface area contributed by atoms with Crippen molar-refractivity contribution in [3.63, 3.8) is 0 Å². The molecular formula is C11H12N2O4S. The van der Waals surface area contributed by atoms with E-state index in [0.29, 0.717) is 23.1 Å². The fourth-order valence-electron chi connectivity index (χ4n) is 1.87. The highest BCUT2D eigenvalue weighted by atomic mass is 32.2. The highest BCUT2D eigenvalue weighted by molar-refractivity contribution is 7.88. The van der Waals surface area contributed by atoms with Gasteiger partial charge in [-0.05, 0) is 18.1 Å². The van der Waals surface area contributed by atoms with E-state index >= 15 is 0 Å². The number of rotatable bonds is 4. The second-order valence-corrected chi connectivity index (χ2v) is 5.87. The standard InChI is InChI=1S/C11H12N2O4S/c1-18(16,17)12-6-5-7-3-2-4-8-9(7)11(15)13-10(8)14/h2-4,12H,5-6H2,1H3,(H,13,14,15). The average Bonchev–Trinajstić information content (AvgIpc) is 2.54. The van der Waals surface area contributed by atoms with E-state index in [-0.39, 0.29) is 6.54 Å². The molecule has 0 saturated carbocycles. The third-order valence-electron chi connectivity index (χ3n) is 2.61. The smallest absolute Gasteiger partial charge is 0.259 e. The lowest BCUT2D eigenvalue weighted by molar-refractivity contribution is 0.0879. The predicted octanol–water partition coefficient (Wildman–Crippen LogP) is -0.338. The van der Waals surface area contributed by atoms with E-state index < -0.39 is 21.8 Å². The number of carbonyl (C=O) groups excluding carboxylic acids is 2. The normalized spacial score (nSPS) is 14.5. The Morgan fingerprint density at radius 1 is 1.22 bits per heavy atom. The summed E-state index contributed by atoms with van der Waals surface area (Å²) in [4.78, 5) is 23.0. The van der Waals surface area contributed by atoms with E-state index in [2.05, 4.69) is 10.0 Å². The van der Waals surface area contributed by atoms with Crippen molar-refractivity contribution >= 4 is 21.8 Å². The fraction of sp³-hybridized carbons (Fsp3) is 0.273. The number of hydrogen-bond donors (Lipinski definition) is 2. The third kappa shape index (κ3) is 2.57. The monoisotopic (exact) mass is 268 g/mol. The first-order valence-electron chi connectivity index (χ1n) is 5.31. The van der Waals surface area contributed by atoms with Crippen LogP contribution in [0.1, 0.15) is 26.3 Å². The molecule has 1 aliphatic heterocycles. The largest absolute Gasteiger partial charge is 0.288 e. The van der Waals surface area contributed by atoms with Crippen LogP contribution in [0.2, 0.25) is 0 Å². The highest BCUT2D eigenvalue weighted by Crippen LogP contribution is 2.20. The maximum Gasteiger partial charge on any atom is 0.259 e. The molecule has 0 fully saturated rings. The van der Waals surface area contributed by atoms with Gasteiger partial charge < -0.3 is 0 Å². The Labute approximate surface area is 104 Å². The van der Waals surface area contributed by atoms with Crippen LogP contribution in [0.4, 0.5) is 0 Å². The number of hydrogen-bond acceptors (Lipinski definition) is 4. The first-order valence-corrected chi connectivity index (χ1v) is 7.20. The number of sulfonamides is 1. The van der Waals surface area contributed by atoms with Gasteiger partial charge >= 0.3 is 0 Å². The van der Waals surface area contributed by atoms with E-state index in [9.17, 15) is 18.0 Å². The fourth-order valence-corrected chi connectivity index (χ4v) is 2.34. The number of fused-ring (bicyclic) bond motifs is 1. The Hall–Kier alpha value is -1.73. The number of benzene rings is 1. The SMILES string of the molecule is CS(=O)(=O)NCCc1cccc2c1C(=O)NC2=O. The summed E-state index contributed by atoms with van der Waals surface area (Å²) < 4.78 is 24.2. The molecule has 0 atom stereocenters. The average molecular weight is 268 g/mol. The van der Waals surface area contributed by atoms with Crippen molar-refractivity contribution in [2.45, 2.75) is 6.42 Å². The van der Waals surface area contributed by atoms with Gasteiger partial charge in [-0.1, -0.05) is 12.1 Å². The molecule has 1 aromatic rings. The van der Waals surface area contributed by atoms with Gasteiger partial charge in [0.25, 0.3) is 11.8 Å². The van der Waals surface area contributed by atoms with Crippen LogP contribution < -0.4 is 10.0 Å². The lowest BCUT2D eigenvalue weighted by Crippen LogP contribution is -2.25. The third-order valence-corrected chi connectivity index (χ3v) is 3.34. The van der Waals surface area contributed by atoms with Gasteiger partial charge in [0.15, 0.2) is 0 Å². The Bertz CT molecular complexity index is 622. The van der Waals surface area contributed by atoms with Gasteiger partial charge in [-0.15, -0.1) is 0 Å². The maximum atomic E-state index is 11.6. The molecule has 1 aliphatic rings. The molecule has 0 bridgehead atoms. The molecule has 96 valence electrons. The molecule has 18 heavy (non-hydrogen) atoms. The zero-order chi connectivity index (χ0) is 13.3. The predicted molar refractivity (Wildman–Crippen MR) is 64.8 cm³/mol.